The second-order valence-electron chi connectivity index (χ2n) is 4.32. The molecule has 0 aliphatic carbocycles. The first kappa shape index (κ1) is 13.5. The molecule has 2 aromatic carbocycles. The van der Waals surface area contributed by atoms with Crippen molar-refractivity contribution in [3.05, 3.63) is 47.8 Å². The maximum atomic E-state index is 14.1. The van der Waals surface area contributed by atoms with E-state index in [0.717, 1.165) is 0 Å². The number of carboxylic acid groups (broad SMARTS) is 1. The van der Waals surface area contributed by atoms with Gasteiger partial charge in [0.1, 0.15) is 16.6 Å². The smallest absolute Gasteiger partial charge is 0.335 e. The summed E-state index contributed by atoms with van der Waals surface area (Å²) in [5, 5.41) is 9.46. The number of ether oxygens (including phenoxy) is 1. The molecule has 106 valence electrons. The van der Waals surface area contributed by atoms with E-state index in [-0.39, 0.29) is 11.1 Å². The number of halogens is 1. The van der Waals surface area contributed by atoms with E-state index in [9.17, 15) is 9.18 Å². The highest BCUT2D eigenvalue weighted by atomic mass is 32.1. The molecule has 0 amide bonds. The molecule has 6 heteroatoms. The fourth-order valence-corrected chi connectivity index (χ4v) is 3.10. The summed E-state index contributed by atoms with van der Waals surface area (Å²) >= 11 is 1.23. The van der Waals surface area contributed by atoms with Crippen LogP contribution in [0, 0.1) is 5.82 Å². The van der Waals surface area contributed by atoms with Crippen molar-refractivity contribution in [1.29, 1.82) is 0 Å². The van der Waals surface area contributed by atoms with E-state index in [4.69, 9.17) is 9.84 Å². The molecule has 0 saturated heterocycles. The van der Waals surface area contributed by atoms with Gasteiger partial charge in [0.15, 0.2) is 0 Å². The highest BCUT2D eigenvalue weighted by molar-refractivity contribution is 7.21. The number of thiazole rings is 1. The summed E-state index contributed by atoms with van der Waals surface area (Å²) in [6.45, 7) is 0. The van der Waals surface area contributed by atoms with Crippen LogP contribution in [-0.2, 0) is 0 Å². The third-order valence-corrected chi connectivity index (χ3v) is 4.08. The largest absolute Gasteiger partial charge is 0.496 e. The summed E-state index contributed by atoms with van der Waals surface area (Å²) in [6.07, 6.45) is 0. The summed E-state index contributed by atoms with van der Waals surface area (Å²) in [5.41, 5.74) is 1.10. The molecule has 3 aromatic rings. The normalized spacial score (nSPS) is 10.8. The van der Waals surface area contributed by atoms with Crippen LogP contribution in [0.25, 0.3) is 20.8 Å². The molecule has 0 atom stereocenters. The molecular formula is C15H10FNO3S. The first-order chi connectivity index (χ1) is 10.1. The maximum absolute atomic E-state index is 14.1. The third kappa shape index (κ3) is 2.34. The van der Waals surface area contributed by atoms with E-state index in [0.29, 0.717) is 21.0 Å². The summed E-state index contributed by atoms with van der Waals surface area (Å²) in [6, 6.07) is 9.19. The van der Waals surface area contributed by atoms with Gasteiger partial charge in [0.2, 0.25) is 0 Å². The zero-order valence-electron chi connectivity index (χ0n) is 11.0. The quantitative estimate of drug-likeness (QED) is 0.799. The number of fused-ring (bicyclic) bond motifs is 1. The minimum atomic E-state index is -1.00. The molecule has 0 fully saturated rings. The van der Waals surface area contributed by atoms with E-state index in [1.165, 1.54) is 36.6 Å². The fourth-order valence-electron chi connectivity index (χ4n) is 2.05. The van der Waals surface area contributed by atoms with E-state index in [1.54, 1.807) is 18.2 Å². The molecule has 0 saturated carbocycles. The zero-order chi connectivity index (χ0) is 15.0. The van der Waals surface area contributed by atoms with E-state index >= 15 is 0 Å². The van der Waals surface area contributed by atoms with Crippen LogP contribution in [0.1, 0.15) is 10.4 Å². The number of nitrogens with zero attached hydrogens (tertiary/aromatic N) is 1. The molecule has 0 aliphatic rings. The van der Waals surface area contributed by atoms with Gasteiger partial charge in [-0.3, -0.25) is 0 Å². The van der Waals surface area contributed by atoms with Crippen LogP contribution in [0.4, 0.5) is 4.39 Å². The number of methoxy groups -OCH3 is 1. The number of rotatable bonds is 3. The maximum Gasteiger partial charge on any atom is 0.335 e. The number of aromatic carboxylic acids is 1. The molecule has 0 bridgehead atoms. The van der Waals surface area contributed by atoms with Crippen molar-refractivity contribution in [1.82, 2.24) is 4.98 Å². The van der Waals surface area contributed by atoms with Crippen LogP contribution in [-0.4, -0.2) is 23.2 Å². The Kier molecular flexibility index (Phi) is 3.31. The van der Waals surface area contributed by atoms with Gasteiger partial charge in [0, 0.05) is 0 Å². The lowest BCUT2D eigenvalue weighted by atomic mass is 10.2. The molecule has 0 radical (unpaired) electrons. The number of hydrogen-bond acceptors (Lipinski definition) is 4. The summed E-state index contributed by atoms with van der Waals surface area (Å²) in [4.78, 5) is 15.3. The molecule has 3 rings (SSSR count). The van der Waals surface area contributed by atoms with Crippen molar-refractivity contribution in [2.45, 2.75) is 0 Å². The Bertz CT molecular complexity index is 844. The van der Waals surface area contributed by atoms with E-state index in [1.807, 2.05) is 0 Å². The lowest BCUT2D eigenvalue weighted by molar-refractivity contribution is 0.0697. The predicted octanol–water partition coefficient (Wildman–Crippen LogP) is 3.81. The van der Waals surface area contributed by atoms with Crippen molar-refractivity contribution in [2.24, 2.45) is 0 Å². The van der Waals surface area contributed by atoms with Crippen molar-refractivity contribution in [3.8, 4) is 16.3 Å². The molecule has 0 spiro atoms. The van der Waals surface area contributed by atoms with Gasteiger partial charge in [-0.05, 0) is 30.3 Å². The summed E-state index contributed by atoms with van der Waals surface area (Å²) in [5.74, 6) is -1.03. The number of benzene rings is 2. The Morgan fingerprint density at radius 1 is 1.33 bits per heavy atom. The van der Waals surface area contributed by atoms with Gasteiger partial charge in [-0.25, -0.2) is 14.2 Å². The van der Waals surface area contributed by atoms with Crippen LogP contribution in [0.3, 0.4) is 0 Å². The summed E-state index contributed by atoms with van der Waals surface area (Å²) < 4.78 is 19.9. The average molecular weight is 303 g/mol. The molecule has 0 unspecified atom stereocenters. The summed E-state index contributed by atoms with van der Waals surface area (Å²) in [7, 11) is 1.47. The monoisotopic (exact) mass is 303 g/mol. The minimum Gasteiger partial charge on any atom is -0.496 e. The third-order valence-electron chi connectivity index (χ3n) is 3.04. The first-order valence-corrected chi connectivity index (χ1v) is 6.88. The van der Waals surface area contributed by atoms with Crippen LogP contribution >= 0.6 is 11.3 Å². The van der Waals surface area contributed by atoms with Crippen LogP contribution < -0.4 is 4.74 Å². The van der Waals surface area contributed by atoms with Gasteiger partial charge < -0.3 is 9.84 Å². The Hall–Kier alpha value is -2.47. The number of aromatic nitrogens is 1. The van der Waals surface area contributed by atoms with Gasteiger partial charge in [0.05, 0.1) is 28.5 Å². The zero-order valence-corrected chi connectivity index (χ0v) is 11.8. The number of carbonyl (C=O) groups is 1. The van der Waals surface area contributed by atoms with Crippen LogP contribution in [0.2, 0.25) is 0 Å². The number of carboxylic acids is 1. The van der Waals surface area contributed by atoms with Gasteiger partial charge >= 0.3 is 5.97 Å². The Morgan fingerprint density at radius 2 is 2.14 bits per heavy atom. The Morgan fingerprint density at radius 3 is 2.86 bits per heavy atom. The Labute approximate surface area is 123 Å². The van der Waals surface area contributed by atoms with Gasteiger partial charge in [-0.15, -0.1) is 11.3 Å². The SMILES string of the molecule is COc1cccc(F)c1-c1nc2ccc(C(=O)O)cc2s1. The lowest BCUT2D eigenvalue weighted by Gasteiger charge is -2.06. The van der Waals surface area contributed by atoms with Crippen molar-refractivity contribution < 1.29 is 19.0 Å². The fraction of sp³-hybridized carbons (Fsp3) is 0.0667. The molecular weight excluding hydrogens is 293 g/mol. The first-order valence-electron chi connectivity index (χ1n) is 6.07. The molecule has 1 N–H and O–H groups in total. The second kappa shape index (κ2) is 5.14. The number of hydrogen-bond donors (Lipinski definition) is 1. The minimum absolute atomic E-state index is 0.179. The van der Waals surface area contributed by atoms with E-state index < -0.39 is 11.8 Å². The van der Waals surface area contributed by atoms with Crippen LogP contribution in [0.15, 0.2) is 36.4 Å². The van der Waals surface area contributed by atoms with Crippen LogP contribution in [0.5, 0.6) is 5.75 Å². The average Bonchev–Trinajstić information content (AvgIpc) is 2.88. The van der Waals surface area contributed by atoms with Crippen molar-refractivity contribution in [2.75, 3.05) is 7.11 Å². The van der Waals surface area contributed by atoms with Gasteiger partial charge in [-0.2, -0.15) is 0 Å². The molecule has 0 aliphatic heterocycles. The van der Waals surface area contributed by atoms with Crippen molar-refractivity contribution >= 4 is 27.5 Å². The Balaban J connectivity index is 2.20. The predicted molar refractivity (Wildman–Crippen MR) is 78.5 cm³/mol. The second-order valence-corrected chi connectivity index (χ2v) is 5.35. The topological polar surface area (TPSA) is 59.4 Å². The standard InChI is InChI=1S/C15H10FNO3S/c1-20-11-4-2-3-9(16)13(11)14-17-10-6-5-8(15(18)19)7-12(10)21-14/h2-7H,1H3,(H,18,19). The molecule has 1 aromatic heterocycles. The highest BCUT2D eigenvalue weighted by Crippen LogP contribution is 2.37. The highest BCUT2D eigenvalue weighted by Gasteiger charge is 2.16. The van der Waals surface area contributed by atoms with Gasteiger partial charge in [-0.1, -0.05) is 6.07 Å². The lowest BCUT2D eigenvalue weighted by Crippen LogP contribution is -1.94. The molecule has 21 heavy (non-hydrogen) atoms. The van der Waals surface area contributed by atoms with Gasteiger partial charge in [0.25, 0.3) is 0 Å². The van der Waals surface area contributed by atoms with Crippen molar-refractivity contribution in [3.63, 3.8) is 0 Å². The molecule has 1 heterocycles. The molecule has 4 nitrogen and oxygen atoms in total. The van der Waals surface area contributed by atoms with E-state index in [2.05, 4.69) is 4.98 Å².